The monoisotopic (exact) mass is 374 g/mol. The first-order valence-corrected chi connectivity index (χ1v) is 9.41. The Morgan fingerprint density at radius 2 is 1.24 bits per heavy atom. The van der Waals surface area contributed by atoms with E-state index in [4.69, 9.17) is 4.98 Å². The molecule has 0 atom stereocenters. The molecule has 0 unspecified atom stereocenters. The Bertz CT molecular complexity index is 1450. The van der Waals surface area contributed by atoms with Gasteiger partial charge in [0.25, 0.3) is 11.8 Å². The number of fused-ring (bicyclic) bond motifs is 2. The van der Waals surface area contributed by atoms with Gasteiger partial charge >= 0.3 is 0 Å². The van der Waals surface area contributed by atoms with Crippen LogP contribution in [0.25, 0.3) is 32.6 Å². The zero-order chi connectivity index (χ0) is 19.5. The molecule has 1 aromatic heterocycles. The Morgan fingerprint density at radius 1 is 0.621 bits per heavy atom. The van der Waals surface area contributed by atoms with Crippen LogP contribution in [0.4, 0.5) is 5.69 Å². The summed E-state index contributed by atoms with van der Waals surface area (Å²) in [6.07, 6.45) is 0. The molecular formula is C25H14N2O2. The fourth-order valence-electron chi connectivity index (χ4n) is 4.23. The maximum atomic E-state index is 13.4. The molecule has 0 aliphatic carbocycles. The molecule has 136 valence electrons. The molecule has 6 rings (SSSR count). The lowest BCUT2D eigenvalue weighted by molar-refractivity contribution is 0.0894. The van der Waals surface area contributed by atoms with Crippen LogP contribution in [0, 0.1) is 0 Å². The number of anilines is 1. The molecule has 0 N–H and O–H groups in total. The van der Waals surface area contributed by atoms with E-state index in [0.717, 1.165) is 32.6 Å². The highest BCUT2D eigenvalue weighted by atomic mass is 16.2. The summed E-state index contributed by atoms with van der Waals surface area (Å²) in [5.74, 6) is -0.611. The zero-order valence-electron chi connectivity index (χ0n) is 15.3. The van der Waals surface area contributed by atoms with Crippen LogP contribution < -0.4 is 4.90 Å². The smallest absolute Gasteiger partial charge is 0.266 e. The predicted molar refractivity (Wildman–Crippen MR) is 114 cm³/mol. The van der Waals surface area contributed by atoms with Crippen molar-refractivity contribution >= 4 is 50.1 Å². The molecule has 0 spiro atoms. The van der Waals surface area contributed by atoms with Gasteiger partial charge < -0.3 is 0 Å². The van der Waals surface area contributed by atoms with Crippen molar-refractivity contribution in [2.24, 2.45) is 0 Å². The third-order valence-corrected chi connectivity index (χ3v) is 5.55. The third-order valence-electron chi connectivity index (χ3n) is 5.55. The molecule has 0 bridgehead atoms. The lowest BCUT2D eigenvalue weighted by atomic mass is 9.93. The van der Waals surface area contributed by atoms with Crippen molar-refractivity contribution in [3.63, 3.8) is 0 Å². The molecule has 0 saturated carbocycles. The van der Waals surface area contributed by atoms with Crippen molar-refractivity contribution in [3.8, 4) is 0 Å². The topological polar surface area (TPSA) is 50.3 Å². The lowest BCUT2D eigenvalue weighted by Crippen LogP contribution is -2.40. The van der Waals surface area contributed by atoms with Gasteiger partial charge in [-0.2, -0.15) is 0 Å². The normalized spacial score (nSPS) is 13.6. The molecule has 4 heteroatoms. The van der Waals surface area contributed by atoms with E-state index in [1.165, 1.54) is 4.90 Å². The maximum absolute atomic E-state index is 13.4. The van der Waals surface area contributed by atoms with Gasteiger partial charge in [-0.05, 0) is 41.8 Å². The number of hydrogen-bond acceptors (Lipinski definition) is 3. The van der Waals surface area contributed by atoms with Crippen LogP contribution in [0.2, 0.25) is 0 Å². The van der Waals surface area contributed by atoms with Gasteiger partial charge in [0, 0.05) is 27.3 Å². The molecule has 1 aliphatic rings. The van der Waals surface area contributed by atoms with Gasteiger partial charge in [0.1, 0.15) is 0 Å². The molecule has 2 heterocycles. The molecule has 0 radical (unpaired) electrons. The minimum absolute atomic E-state index is 0.306. The van der Waals surface area contributed by atoms with Gasteiger partial charge in [-0.25, -0.2) is 9.88 Å². The van der Waals surface area contributed by atoms with E-state index in [1.54, 1.807) is 12.1 Å². The van der Waals surface area contributed by atoms with E-state index in [9.17, 15) is 9.59 Å². The standard InChI is InChI=1S/C25H14N2O2/c28-24-17-9-3-7-15-8-4-10-18(23(15)17)25(29)27(24)22-13-5-12-21-19(22)14-16-6-1-2-11-20(16)26-21/h1-14H. The quantitative estimate of drug-likeness (QED) is 0.294. The number of benzene rings is 4. The number of aromatic nitrogens is 1. The highest BCUT2D eigenvalue weighted by Gasteiger charge is 2.34. The second kappa shape index (κ2) is 5.72. The van der Waals surface area contributed by atoms with Crippen molar-refractivity contribution in [1.82, 2.24) is 4.98 Å². The van der Waals surface area contributed by atoms with Crippen LogP contribution >= 0.6 is 0 Å². The molecule has 0 saturated heterocycles. The molecule has 29 heavy (non-hydrogen) atoms. The molecule has 5 aromatic rings. The number of pyridine rings is 1. The number of carbonyl (C=O) groups is 2. The molecule has 0 fully saturated rings. The number of imide groups is 1. The SMILES string of the molecule is O=C1c2cccc3cccc(c23)C(=O)N1c1cccc2nc3ccccc3cc12. The van der Waals surface area contributed by atoms with Crippen LogP contribution in [0.5, 0.6) is 0 Å². The molecular weight excluding hydrogens is 360 g/mol. The zero-order valence-corrected chi connectivity index (χ0v) is 15.3. The highest BCUT2D eigenvalue weighted by molar-refractivity contribution is 6.37. The van der Waals surface area contributed by atoms with Crippen LogP contribution in [-0.4, -0.2) is 16.8 Å². The molecule has 4 aromatic carbocycles. The third kappa shape index (κ3) is 2.17. The average Bonchev–Trinajstić information content (AvgIpc) is 2.76. The van der Waals surface area contributed by atoms with Crippen LogP contribution in [-0.2, 0) is 0 Å². The molecule has 1 aliphatic heterocycles. The number of nitrogens with zero attached hydrogens (tertiary/aromatic N) is 2. The largest absolute Gasteiger partial charge is 0.268 e. The summed E-state index contributed by atoms with van der Waals surface area (Å²) in [6.45, 7) is 0. The number of hydrogen-bond donors (Lipinski definition) is 0. The fourth-order valence-corrected chi connectivity index (χ4v) is 4.23. The van der Waals surface area contributed by atoms with Crippen LogP contribution in [0.1, 0.15) is 20.7 Å². The van der Waals surface area contributed by atoms with E-state index in [1.807, 2.05) is 72.8 Å². The first kappa shape index (κ1) is 16.0. The Balaban J connectivity index is 1.65. The summed E-state index contributed by atoms with van der Waals surface area (Å²) < 4.78 is 0. The van der Waals surface area contributed by atoms with Gasteiger partial charge in [0.15, 0.2) is 0 Å². The fraction of sp³-hybridized carbons (Fsp3) is 0. The van der Waals surface area contributed by atoms with Crippen molar-refractivity contribution < 1.29 is 9.59 Å². The minimum atomic E-state index is -0.306. The van der Waals surface area contributed by atoms with E-state index in [0.29, 0.717) is 16.8 Å². The summed E-state index contributed by atoms with van der Waals surface area (Å²) in [5, 5.41) is 3.36. The first-order chi connectivity index (χ1) is 14.2. The van der Waals surface area contributed by atoms with Gasteiger partial charge in [-0.1, -0.05) is 48.5 Å². The summed E-state index contributed by atoms with van der Waals surface area (Å²) in [6, 6.07) is 26.5. The minimum Gasteiger partial charge on any atom is -0.268 e. The average molecular weight is 374 g/mol. The van der Waals surface area contributed by atoms with Crippen molar-refractivity contribution in [3.05, 3.63) is 96.1 Å². The number of amides is 2. The predicted octanol–water partition coefficient (Wildman–Crippen LogP) is 5.34. The van der Waals surface area contributed by atoms with Gasteiger partial charge in [-0.3, -0.25) is 9.59 Å². The number of rotatable bonds is 1. The summed E-state index contributed by atoms with van der Waals surface area (Å²) >= 11 is 0. The highest BCUT2D eigenvalue weighted by Crippen LogP contribution is 2.36. The van der Waals surface area contributed by atoms with Crippen molar-refractivity contribution in [1.29, 1.82) is 0 Å². The van der Waals surface area contributed by atoms with Crippen LogP contribution in [0.15, 0.2) is 84.9 Å². The summed E-state index contributed by atoms with van der Waals surface area (Å²) in [4.78, 5) is 32.8. The van der Waals surface area contributed by atoms with Crippen LogP contribution in [0.3, 0.4) is 0 Å². The van der Waals surface area contributed by atoms with E-state index < -0.39 is 0 Å². The first-order valence-electron chi connectivity index (χ1n) is 9.41. The van der Waals surface area contributed by atoms with Gasteiger partial charge in [0.05, 0.1) is 16.7 Å². The Kier molecular flexibility index (Phi) is 3.15. The maximum Gasteiger partial charge on any atom is 0.266 e. The lowest BCUT2D eigenvalue weighted by Gasteiger charge is -2.28. The summed E-state index contributed by atoms with van der Waals surface area (Å²) in [7, 11) is 0. The van der Waals surface area contributed by atoms with E-state index >= 15 is 0 Å². The summed E-state index contributed by atoms with van der Waals surface area (Å²) in [5.41, 5.74) is 3.27. The number of para-hydroxylation sites is 1. The molecule has 2 amide bonds. The van der Waals surface area contributed by atoms with Gasteiger partial charge in [0.2, 0.25) is 0 Å². The second-order valence-electron chi connectivity index (χ2n) is 7.18. The second-order valence-corrected chi connectivity index (χ2v) is 7.18. The number of carbonyl (C=O) groups excluding carboxylic acids is 2. The Hall–Kier alpha value is -4.05. The van der Waals surface area contributed by atoms with Crippen molar-refractivity contribution in [2.45, 2.75) is 0 Å². The Labute approximate surface area is 166 Å². The van der Waals surface area contributed by atoms with Crippen molar-refractivity contribution in [2.75, 3.05) is 4.90 Å². The van der Waals surface area contributed by atoms with E-state index in [2.05, 4.69) is 0 Å². The van der Waals surface area contributed by atoms with E-state index in [-0.39, 0.29) is 11.8 Å². The van der Waals surface area contributed by atoms with Gasteiger partial charge in [-0.15, -0.1) is 0 Å². The Morgan fingerprint density at radius 3 is 2.00 bits per heavy atom. The molecule has 4 nitrogen and oxygen atoms in total.